The minimum Gasteiger partial charge on any atom is -0.407 e. The first-order chi connectivity index (χ1) is 14.1. The Labute approximate surface area is 179 Å². The number of nitrogens with one attached hydrogen (secondary N) is 1. The van der Waals surface area contributed by atoms with Gasteiger partial charge in [0.2, 0.25) is 11.8 Å². The van der Waals surface area contributed by atoms with Crippen molar-refractivity contribution in [3.63, 3.8) is 0 Å². The zero-order chi connectivity index (χ0) is 20.3. The van der Waals surface area contributed by atoms with Crippen molar-refractivity contribution in [3.8, 4) is 0 Å². The number of hydrogen-bond acceptors (Lipinski definition) is 5. The highest BCUT2D eigenvalue weighted by molar-refractivity contribution is 7.98. The Morgan fingerprint density at radius 2 is 1.79 bits per heavy atom. The number of anilines is 1. The first-order valence-electron chi connectivity index (χ1n) is 9.62. The average Bonchev–Trinajstić information content (AvgIpc) is 3.40. The van der Waals surface area contributed by atoms with Crippen LogP contribution in [-0.2, 0) is 16.6 Å². The lowest BCUT2D eigenvalue weighted by Crippen LogP contribution is -2.38. The Kier molecular flexibility index (Phi) is 5.92. The number of amides is 1. The van der Waals surface area contributed by atoms with Crippen molar-refractivity contribution >= 4 is 35.3 Å². The van der Waals surface area contributed by atoms with Crippen LogP contribution in [0.4, 0.5) is 6.01 Å². The van der Waals surface area contributed by atoms with Gasteiger partial charge in [0.15, 0.2) is 0 Å². The Morgan fingerprint density at radius 3 is 2.45 bits per heavy atom. The fourth-order valence-corrected chi connectivity index (χ4v) is 4.44. The van der Waals surface area contributed by atoms with E-state index >= 15 is 0 Å². The van der Waals surface area contributed by atoms with E-state index in [0.717, 1.165) is 36.8 Å². The number of halogens is 1. The van der Waals surface area contributed by atoms with Crippen LogP contribution in [0.2, 0.25) is 5.02 Å². The summed E-state index contributed by atoms with van der Waals surface area (Å²) in [5.41, 5.74) is 1.48. The molecule has 0 saturated heterocycles. The summed E-state index contributed by atoms with van der Waals surface area (Å²) in [5.74, 6) is 0.376. The fraction of sp³-hybridized carbons (Fsp3) is 0.318. The van der Waals surface area contributed by atoms with Gasteiger partial charge in [0, 0.05) is 9.92 Å². The first kappa shape index (κ1) is 20.0. The quantitative estimate of drug-likeness (QED) is 0.527. The van der Waals surface area contributed by atoms with Gasteiger partial charge in [-0.25, -0.2) is 0 Å². The highest BCUT2D eigenvalue weighted by atomic mass is 35.5. The van der Waals surface area contributed by atoms with Crippen LogP contribution < -0.4 is 5.32 Å². The maximum atomic E-state index is 13.2. The summed E-state index contributed by atoms with van der Waals surface area (Å²) in [6.45, 7) is 0. The minimum absolute atomic E-state index is 0.100. The van der Waals surface area contributed by atoms with Crippen molar-refractivity contribution in [1.82, 2.24) is 10.2 Å². The van der Waals surface area contributed by atoms with Gasteiger partial charge in [-0.3, -0.25) is 10.1 Å². The first-order valence-corrected chi connectivity index (χ1v) is 11.2. The number of rotatable bonds is 6. The fourth-order valence-electron chi connectivity index (χ4n) is 3.90. The second kappa shape index (κ2) is 8.59. The SMILES string of the molecule is CSc1ccc(Cc2nnc(NC(=O)C3(c4ccc(Cl)cc4)CCCC3)o2)cc1. The van der Waals surface area contributed by atoms with Crippen LogP contribution in [0.3, 0.4) is 0 Å². The largest absolute Gasteiger partial charge is 0.407 e. The molecule has 4 rings (SSSR count). The van der Waals surface area contributed by atoms with Crippen molar-refractivity contribution in [2.45, 2.75) is 42.4 Å². The molecule has 1 fully saturated rings. The zero-order valence-electron chi connectivity index (χ0n) is 16.2. The summed E-state index contributed by atoms with van der Waals surface area (Å²) >= 11 is 7.72. The van der Waals surface area contributed by atoms with Crippen LogP contribution in [0.15, 0.2) is 57.8 Å². The highest BCUT2D eigenvalue weighted by Crippen LogP contribution is 2.42. The van der Waals surface area contributed by atoms with E-state index in [-0.39, 0.29) is 11.9 Å². The molecule has 1 saturated carbocycles. The van der Waals surface area contributed by atoms with Crippen LogP contribution in [0.5, 0.6) is 0 Å². The molecule has 1 amide bonds. The van der Waals surface area contributed by atoms with E-state index in [9.17, 15) is 4.79 Å². The van der Waals surface area contributed by atoms with Gasteiger partial charge >= 0.3 is 6.01 Å². The molecular formula is C22H22ClN3O2S. The van der Waals surface area contributed by atoms with Gasteiger partial charge < -0.3 is 4.42 Å². The van der Waals surface area contributed by atoms with Gasteiger partial charge in [-0.05, 0) is 54.5 Å². The predicted octanol–water partition coefficient (Wildman–Crippen LogP) is 5.49. The number of carbonyl (C=O) groups is 1. The number of thioether (sulfide) groups is 1. The van der Waals surface area contributed by atoms with Crippen molar-refractivity contribution in [3.05, 3.63) is 70.6 Å². The Hall–Kier alpha value is -2.31. The maximum Gasteiger partial charge on any atom is 0.322 e. The van der Waals surface area contributed by atoms with E-state index in [1.165, 1.54) is 4.90 Å². The topological polar surface area (TPSA) is 68.0 Å². The van der Waals surface area contributed by atoms with E-state index in [1.807, 2.05) is 42.7 Å². The van der Waals surface area contributed by atoms with E-state index in [2.05, 4.69) is 27.6 Å². The molecule has 1 aliphatic rings. The van der Waals surface area contributed by atoms with Crippen molar-refractivity contribution < 1.29 is 9.21 Å². The van der Waals surface area contributed by atoms with Gasteiger partial charge in [-0.1, -0.05) is 53.8 Å². The normalized spacial score (nSPS) is 15.4. The van der Waals surface area contributed by atoms with Gasteiger partial charge in [0.25, 0.3) is 0 Å². The van der Waals surface area contributed by atoms with Gasteiger partial charge in [0.1, 0.15) is 0 Å². The Balaban J connectivity index is 1.48. The third-order valence-corrected chi connectivity index (χ3v) is 6.49. The molecule has 0 atom stereocenters. The molecule has 150 valence electrons. The number of carbonyl (C=O) groups excluding carboxylic acids is 1. The molecular weight excluding hydrogens is 406 g/mol. The smallest absolute Gasteiger partial charge is 0.322 e. The second-order valence-corrected chi connectivity index (χ2v) is 8.59. The van der Waals surface area contributed by atoms with E-state index < -0.39 is 5.41 Å². The molecule has 0 unspecified atom stereocenters. The molecule has 0 bridgehead atoms. The molecule has 0 aliphatic heterocycles. The predicted molar refractivity (Wildman–Crippen MR) is 116 cm³/mol. The molecule has 3 aromatic rings. The zero-order valence-corrected chi connectivity index (χ0v) is 17.7. The van der Waals surface area contributed by atoms with Crippen LogP contribution in [0.25, 0.3) is 0 Å². The Morgan fingerprint density at radius 1 is 1.10 bits per heavy atom. The van der Waals surface area contributed by atoms with E-state index in [0.29, 0.717) is 17.3 Å². The number of nitrogens with zero attached hydrogens (tertiary/aromatic N) is 2. The molecule has 0 radical (unpaired) electrons. The van der Waals surface area contributed by atoms with Crippen LogP contribution in [-0.4, -0.2) is 22.4 Å². The lowest BCUT2D eigenvalue weighted by molar-refractivity contribution is -0.121. The summed E-state index contributed by atoms with van der Waals surface area (Å²) in [7, 11) is 0. The second-order valence-electron chi connectivity index (χ2n) is 7.28. The maximum absolute atomic E-state index is 13.2. The minimum atomic E-state index is -0.577. The lowest BCUT2D eigenvalue weighted by Gasteiger charge is -2.27. The molecule has 5 nitrogen and oxygen atoms in total. The standard InChI is InChI=1S/C22H22ClN3O2S/c1-29-18-10-4-15(5-11-18)14-19-25-26-21(28-19)24-20(27)22(12-2-3-13-22)16-6-8-17(23)9-7-16/h4-11H,2-3,12-14H2,1H3,(H,24,26,27). The van der Waals surface area contributed by atoms with Gasteiger partial charge in [-0.2, -0.15) is 0 Å². The number of benzene rings is 2. The van der Waals surface area contributed by atoms with Gasteiger partial charge in [0.05, 0.1) is 11.8 Å². The molecule has 1 aromatic heterocycles. The summed E-state index contributed by atoms with van der Waals surface area (Å²) in [6.07, 6.45) is 6.18. The van der Waals surface area contributed by atoms with Gasteiger partial charge in [-0.15, -0.1) is 16.9 Å². The summed E-state index contributed by atoms with van der Waals surface area (Å²) in [4.78, 5) is 14.4. The summed E-state index contributed by atoms with van der Waals surface area (Å²) in [5, 5.41) is 11.6. The molecule has 1 heterocycles. The number of aromatic nitrogens is 2. The van der Waals surface area contributed by atoms with Crippen molar-refractivity contribution in [1.29, 1.82) is 0 Å². The van der Waals surface area contributed by atoms with Crippen LogP contribution in [0.1, 0.15) is 42.7 Å². The average molecular weight is 428 g/mol. The van der Waals surface area contributed by atoms with Crippen molar-refractivity contribution in [2.75, 3.05) is 11.6 Å². The van der Waals surface area contributed by atoms with Crippen molar-refractivity contribution in [2.24, 2.45) is 0 Å². The molecule has 7 heteroatoms. The third kappa shape index (κ3) is 4.33. The van der Waals surface area contributed by atoms with Crippen LogP contribution in [0, 0.1) is 0 Å². The van der Waals surface area contributed by atoms with E-state index in [1.54, 1.807) is 11.8 Å². The Bertz CT molecular complexity index is 980. The molecule has 2 aromatic carbocycles. The molecule has 29 heavy (non-hydrogen) atoms. The summed E-state index contributed by atoms with van der Waals surface area (Å²) in [6, 6.07) is 15.9. The highest BCUT2D eigenvalue weighted by Gasteiger charge is 2.43. The molecule has 0 spiro atoms. The molecule has 1 N–H and O–H groups in total. The third-order valence-electron chi connectivity index (χ3n) is 5.49. The van der Waals surface area contributed by atoms with Crippen LogP contribution >= 0.6 is 23.4 Å². The monoisotopic (exact) mass is 427 g/mol. The molecule has 1 aliphatic carbocycles. The number of hydrogen-bond donors (Lipinski definition) is 1. The van der Waals surface area contributed by atoms with E-state index in [4.69, 9.17) is 16.0 Å². The lowest BCUT2D eigenvalue weighted by atomic mass is 9.78. The summed E-state index contributed by atoms with van der Waals surface area (Å²) < 4.78 is 5.69.